The number of anilines is 1. The van der Waals surface area contributed by atoms with Crippen molar-refractivity contribution in [2.24, 2.45) is 0 Å². The molecule has 1 aliphatic carbocycles. The van der Waals surface area contributed by atoms with E-state index in [1.54, 1.807) is 4.90 Å². The molecule has 0 spiro atoms. The molecule has 9 heteroatoms. The van der Waals surface area contributed by atoms with Crippen molar-refractivity contribution in [1.29, 1.82) is 0 Å². The van der Waals surface area contributed by atoms with Gasteiger partial charge < -0.3 is 19.6 Å². The van der Waals surface area contributed by atoms with Gasteiger partial charge in [0.2, 0.25) is 11.8 Å². The molecule has 4 aromatic rings. The monoisotopic (exact) mass is 726 g/mol. The summed E-state index contributed by atoms with van der Waals surface area (Å²) in [5.41, 5.74) is 9.54. The minimum atomic E-state index is -0.609. The van der Waals surface area contributed by atoms with Crippen molar-refractivity contribution in [3.05, 3.63) is 130 Å². The summed E-state index contributed by atoms with van der Waals surface area (Å²) in [6.45, 7) is 7.08. The number of aliphatic hydroxyl groups is 1. The zero-order valence-electron chi connectivity index (χ0n) is 31.1. The molecule has 2 saturated heterocycles. The number of imide groups is 1. The number of fused-ring (bicyclic) bond motifs is 2. The second-order valence-electron chi connectivity index (χ2n) is 15.5. The number of hydrogen-bond donors (Lipinski definition) is 2. The van der Waals surface area contributed by atoms with Crippen molar-refractivity contribution in [2.45, 2.75) is 76.0 Å². The lowest BCUT2D eigenvalue weighted by Crippen LogP contribution is -2.52. The summed E-state index contributed by atoms with van der Waals surface area (Å²) in [6, 6.07) is 31.8. The summed E-state index contributed by atoms with van der Waals surface area (Å²) in [7, 11) is 0. The number of carbonyl (C=O) groups excluding carboxylic acids is 3. The molecule has 3 aliphatic heterocycles. The summed E-state index contributed by atoms with van der Waals surface area (Å²) in [5.74, 6) is 0.775. The van der Waals surface area contributed by atoms with E-state index >= 15 is 0 Å². The van der Waals surface area contributed by atoms with Gasteiger partial charge in [-0.05, 0) is 103 Å². The number of aliphatic hydroxyl groups excluding tert-OH is 1. The Bertz CT molecular complexity index is 1990. The number of nitrogens with zero attached hydrogens (tertiary/aromatic N) is 3. The molecule has 2 unspecified atom stereocenters. The first-order chi connectivity index (χ1) is 26.3. The van der Waals surface area contributed by atoms with Gasteiger partial charge in [-0.1, -0.05) is 66.2 Å². The van der Waals surface area contributed by atoms with Crippen LogP contribution >= 0.6 is 0 Å². The van der Waals surface area contributed by atoms with Gasteiger partial charge in [0.1, 0.15) is 11.8 Å². The standard InChI is InChI=1S/C45H50N4O5/c1-30-9-16-39-33(26-30)12-17-38(31-6-3-2-4-7-31)43(39)32-10-14-37(15-11-32)54-25-5-8-36(50)29-47-21-23-48(24-22-47)35-13-18-40-34(27-35)28-49(45(40)53)41-19-20-42(51)46-44(41)52/h2-4,6-7,9-11,13-16,18,26-27,36,38,41,43,50H,5,8,12,17,19-25,28-29H2,1H3,(H,46,51,52)/t36?,38-,41?,43+/m1/s1. The maximum absolute atomic E-state index is 13.1. The molecule has 2 N–H and O–H groups in total. The van der Waals surface area contributed by atoms with Crippen LogP contribution in [0.2, 0.25) is 0 Å². The van der Waals surface area contributed by atoms with Crippen molar-refractivity contribution >= 4 is 23.4 Å². The van der Waals surface area contributed by atoms with Gasteiger partial charge in [0.15, 0.2) is 0 Å². The smallest absolute Gasteiger partial charge is 0.255 e. The Labute approximate surface area is 317 Å². The predicted octanol–water partition coefficient (Wildman–Crippen LogP) is 5.96. The molecule has 8 rings (SSSR count). The lowest BCUT2D eigenvalue weighted by atomic mass is 9.69. The molecule has 0 aromatic heterocycles. The number of piperazine rings is 1. The number of aryl methyl sites for hydroxylation is 2. The molecule has 3 amide bonds. The van der Waals surface area contributed by atoms with Gasteiger partial charge in [-0.15, -0.1) is 0 Å². The number of rotatable bonds is 11. The van der Waals surface area contributed by atoms with Crippen LogP contribution in [0.3, 0.4) is 0 Å². The van der Waals surface area contributed by atoms with Gasteiger partial charge in [-0.2, -0.15) is 0 Å². The van der Waals surface area contributed by atoms with Gasteiger partial charge >= 0.3 is 0 Å². The van der Waals surface area contributed by atoms with E-state index in [2.05, 4.69) is 101 Å². The minimum absolute atomic E-state index is 0.151. The maximum atomic E-state index is 13.1. The largest absolute Gasteiger partial charge is 0.494 e. The zero-order valence-corrected chi connectivity index (χ0v) is 31.1. The van der Waals surface area contributed by atoms with Gasteiger partial charge in [0.25, 0.3) is 5.91 Å². The van der Waals surface area contributed by atoms with Crippen LogP contribution in [-0.4, -0.2) is 84.1 Å². The number of hydrogen-bond acceptors (Lipinski definition) is 7. The first kappa shape index (κ1) is 36.0. The molecule has 54 heavy (non-hydrogen) atoms. The van der Waals surface area contributed by atoms with E-state index in [0.29, 0.717) is 49.9 Å². The zero-order chi connectivity index (χ0) is 37.2. The third kappa shape index (κ3) is 7.66. The first-order valence-corrected chi connectivity index (χ1v) is 19.6. The van der Waals surface area contributed by atoms with E-state index < -0.39 is 18.1 Å². The fourth-order valence-corrected chi connectivity index (χ4v) is 9.04. The van der Waals surface area contributed by atoms with Crippen molar-refractivity contribution in [1.82, 2.24) is 15.1 Å². The SMILES string of the molecule is Cc1ccc2c(c1)CC[C@H](c1ccccc1)[C@@H]2c1ccc(OCCCC(O)CN2CCN(c3ccc4c(c3)CN(C3CCC(=O)NC3=O)C4=O)CC2)cc1. The van der Waals surface area contributed by atoms with Crippen LogP contribution in [0.1, 0.15) is 87.7 Å². The number of carbonyl (C=O) groups is 3. The molecular formula is C45H50N4O5. The predicted molar refractivity (Wildman–Crippen MR) is 209 cm³/mol. The maximum Gasteiger partial charge on any atom is 0.255 e. The topological polar surface area (TPSA) is 102 Å². The summed E-state index contributed by atoms with van der Waals surface area (Å²) in [4.78, 5) is 43.3. The fraction of sp³-hybridized carbons (Fsp3) is 0.400. The Kier molecular flexibility index (Phi) is 10.5. The van der Waals surface area contributed by atoms with Crippen molar-refractivity contribution < 1.29 is 24.2 Å². The van der Waals surface area contributed by atoms with Crippen LogP contribution in [0.25, 0.3) is 0 Å². The van der Waals surface area contributed by atoms with Gasteiger partial charge in [-0.3, -0.25) is 24.6 Å². The van der Waals surface area contributed by atoms with E-state index in [-0.39, 0.29) is 18.2 Å². The van der Waals surface area contributed by atoms with Crippen LogP contribution in [0.4, 0.5) is 5.69 Å². The molecule has 0 saturated carbocycles. The Balaban J connectivity index is 0.790. The lowest BCUT2D eigenvalue weighted by molar-refractivity contribution is -0.136. The highest BCUT2D eigenvalue weighted by molar-refractivity contribution is 6.05. The molecular weight excluding hydrogens is 677 g/mol. The Morgan fingerprint density at radius 1 is 0.833 bits per heavy atom. The van der Waals surface area contributed by atoms with Crippen LogP contribution < -0.4 is 15.0 Å². The fourth-order valence-electron chi connectivity index (χ4n) is 9.04. The molecule has 280 valence electrons. The Hall–Kier alpha value is -4.99. The van der Waals surface area contributed by atoms with Gasteiger partial charge in [0.05, 0.1) is 12.7 Å². The van der Waals surface area contributed by atoms with Crippen molar-refractivity contribution in [3.8, 4) is 5.75 Å². The Morgan fingerprint density at radius 3 is 2.41 bits per heavy atom. The van der Waals surface area contributed by atoms with Crippen LogP contribution in [0.5, 0.6) is 5.75 Å². The summed E-state index contributed by atoms with van der Waals surface area (Å²) >= 11 is 0. The molecule has 4 aliphatic rings. The van der Waals surface area contributed by atoms with Gasteiger partial charge in [0, 0.05) is 62.9 Å². The molecule has 0 radical (unpaired) electrons. The quantitative estimate of drug-likeness (QED) is 0.145. The van der Waals surface area contributed by atoms with Crippen molar-refractivity contribution in [3.63, 3.8) is 0 Å². The molecule has 4 aromatic carbocycles. The first-order valence-electron chi connectivity index (χ1n) is 19.6. The normalized spacial score (nSPS) is 22.1. The van der Waals surface area contributed by atoms with E-state index in [0.717, 1.165) is 62.4 Å². The number of β-amino-alcohol motifs (C(OH)–C–C–N with tert-alkyl or cyclic N) is 1. The van der Waals surface area contributed by atoms with Crippen molar-refractivity contribution in [2.75, 3.05) is 44.2 Å². The van der Waals surface area contributed by atoms with Crippen LogP contribution in [-0.2, 0) is 22.6 Å². The van der Waals surface area contributed by atoms with E-state index in [4.69, 9.17) is 4.74 Å². The van der Waals surface area contributed by atoms with E-state index in [9.17, 15) is 19.5 Å². The van der Waals surface area contributed by atoms with E-state index in [1.807, 2.05) is 12.1 Å². The lowest BCUT2D eigenvalue weighted by Gasteiger charge is -2.37. The highest BCUT2D eigenvalue weighted by Gasteiger charge is 2.39. The molecule has 3 heterocycles. The van der Waals surface area contributed by atoms with Crippen LogP contribution in [0.15, 0.2) is 91.0 Å². The van der Waals surface area contributed by atoms with Crippen LogP contribution in [0, 0.1) is 6.92 Å². The Morgan fingerprint density at radius 2 is 1.63 bits per heavy atom. The second-order valence-corrected chi connectivity index (χ2v) is 15.5. The number of ether oxygens (including phenoxy) is 1. The molecule has 2 fully saturated rings. The third-order valence-electron chi connectivity index (χ3n) is 11.9. The average Bonchev–Trinajstić information content (AvgIpc) is 3.51. The van der Waals surface area contributed by atoms with Gasteiger partial charge in [-0.25, -0.2) is 0 Å². The highest BCUT2D eigenvalue weighted by atomic mass is 16.5. The summed E-state index contributed by atoms with van der Waals surface area (Å²) < 4.78 is 6.15. The molecule has 4 atom stereocenters. The second kappa shape index (κ2) is 15.8. The number of amides is 3. The number of nitrogens with one attached hydrogen (secondary N) is 1. The highest BCUT2D eigenvalue weighted by Crippen LogP contribution is 2.46. The average molecular weight is 727 g/mol. The minimum Gasteiger partial charge on any atom is -0.494 e. The third-order valence-corrected chi connectivity index (χ3v) is 11.9. The summed E-state index contributed by atoms with van der Waals surface area (Å²) in [6.07, 6.45) is 3.88. The molecule has 9 nitrogen and oxygen atoms in total. The number of piperidine rings is 1. The summed E-state index contributed by atoms with van der Waals surface area (Å²) in [5, 5.41) is 13.2. The van der Waals surface area contributed by atoms with E-state index in [1.165, 1.54) is 27.8 Å². The molecule has 0 bridgehead atoms. The number of benzene rings is 4.